The van der Waals surface area contributed by atoms with Crippen molar-refractivity contribution in [3.63, 3.8) is 0 Å². The minimum Gasteiger partial charge on any atom is -0.497 e. The van der Waals surface area contributed by atoms with Gasteiger partial charge < -0.3 is 19.5 Å². The number of anilines is 1. The van der Waals surface area contributed by atoms with Crippen LogP contribution < -0.4 is 15.0 Å². The predicted molar refractivity (Wildman–Crippen MR) is 105 cm³/mol. The zero-order chi connectivity index (χ0) is 20.1. The molecule has 1 fully saturated rings. The molecule has 1 aliphatic heterocycles. The first-order chi connectivity index (χ1) is 14.3. The van der Waals surface area contributed by atoms with Gasteiger partial charge in [0.05, 0.1) is 7.11 Å². The predicted octanol–water partition coefficient (Wildman–Crippen LogP) is 1.83. The van der Waals surface area contributed by atoms with Crippen LogP contribution in [0.1, 0.15) is 35.4 Å². The second-order valence-electron chi connectivity index (χ2n) is 6.82. The van der Waals surface area contributed by atoms with E-state index in [1.54, 1.807) is 7.11 Å². The highest BCUT2D eigenvalue weighted by atomic mass is 16.5. The van der Waals surface area contributed by atoms with E-state index in [0.29, 0.717) is 42.4 Å². The SMILES string of the molecule is COc1ccc(-c2onc(N3CCCC3)c2C(=O)NCCCc2nn[nH]n2)cc1. The number of benzene rings is 1. The molecule has 3 heterocycles. The van der Waals surface area contributed by atoms with Gasteiger partial charge in [-0.3, -0.25) is 4.79 Å². The summed E-state index contributed by atoms with van der Waals surface area (Å²) in [6.07, 6.45) is 3.49. The molecule has 0 unspecified atom stereocenters. The summed E-state index contributed by atoms with van der Waals surface area (Å²) in [7, 11) is 1.61. The van der Waals surface area contributed by atoms with Crippen LogP contribution in [0.15, 0.2) is 28.8 Å². The molecule has 3 aromatic rings. The Morgan fingerprint density at radius 1 is 1.28 bits per heavy atom. The highest BCUT2D eigenvalue weighted by molar-refractivity contribution is 6.04. The Morgan fingerprint density at radius 2 is 2.07 bits per heavy atom. The van der Waals surface area contributed by atoms with E-state index in [9.17, 15) is 4.79 Å². The van der Waals surface area contributed by atoms with Gasteiger partial charge in [-0.05, 0) is 43.5 Å². The summed E-state index contributed by atoms with van der Waals surface area (Å²) in [6.45, 7) is 2.22. The Labute approximate surface area is 167 Å². The molecule has 2 aromatic heterocycles. The average Bonchev–Trinajstić information content (AvgIpc) is 3.52. The third kappa shape index (κ3) is 4.20. The first kappa shape index (κ1) is 18.9. The van der Waals surface area contributed by atoms with Crippen molar-refractivity contribution in [2.24, 2.45) is 0 Å². The summed E-state index contributed by atoms with van der Waals surface area (Å²) in [5.41, 5.74) is 1.25. The molecule has 10 nitrogen and oxygen atoms in total. The third-order valence-electron chi connectivity index (χ3n) is 4.91. The number of H-pyrrole nitrogens is 1. The maximum atomic E-state index is 13.0. The molecule has 1 aliphatic rings. The van der Waals surface area contributed by atoms with Crippen molar-refractivity contribution in [1.29, 1.82) is 0 Å². The fourth-order valence-corrected chi connectivity index (χ4v) is 3.40. The largest absolute Gasteiger partial charge is 0.497 e. The van der Waals surface area contributed by atoms with E-state index in [1.807, 2.05) is 24.3 Å². The maximum Gasteiger partial charge on any atom is 0.259 e. The number of hydrogen-bond acceptors (Lipinski definition) is 8. The van der Waals surface area contributed by atoms with Crippen molar-refractivity contribution >= 4 is 11.7 Å². The molecule has 0 atom stereocenters. The lowest BCUT2D eigenvalue weighted by Gasteiger charge is -2.15. The monoisotopic (exact) mass is 397 g/mol. The van der Waals surface area contributed by atoms with Crippen molar-refractivity contribution in [3.8, 4) is 17.1 Å². The van der Waals surface area contributed by atoms with Gasteiger partial charge in [0, 0.05) is 31.6 Å². The van der Waals surface area contributed by atoms with Gasteiger partial charge in [-0.25, -0.2) is 0 Å². The van der Waals surface area contributed by atoms with Crippen LogP contribution in [-0.2, 0) is 6.42 Å². The Kier molecular flexibility index (Phi) is 5.68. The summed E-state index contributed by atoms with van der Waals surface area (Å²) in [5, 5.41) is 21.0. The molecule has 0 radical (unpaired) electrons. The summed E-state index contributed by atoms with van der Waals surface area (Å²) in [6, 6.07) is 7.39. The lowest BCUT2D eigenvalue weighted by atomic mass is 10.1. The average molecular weight is 397 g/mol. The summed E-state index contributed by atoms with van der Waals surface area (Å²) >= 11 is 0. The third-order valence-corrected chi connectivity index (χ3v) is 4.91. The lowest BCUT2D eigenvalue weighted by Crippen LogP contribution is -2.28. The number of aromatic nitrogens is 5. The van der Waals surface area contributed by atoms with Crippen molar-refractivity contribution < 1.29 is 14.1 Å². The van der Waals surface area contributed by atoms with Gasteiger partial charge in [0.25, 0.3) is 5.91 Å². The number of hydrogen-bond donors (Lipinski definition) is 2. The standard InChI is InChI=1S/C19H23N7O3/c1-28-14-8-6-13(7-9-14)17-16(18(23-29-17)26-11-2-3-12-26)19(27)20-10-4-5-15-21-24-25-22-15/h6-9H,2-5,10-12H2,1H3,(H,20,27)(H,21,22,24,25). The second kappa shape index (κ2) is 8.72. The van der Waals surface area contributed by atoms with Crippen LogP contribution in [0.25, 0.3) is 11.3 Å². The van der Waals surface area contributed by atoms with Crippen LogP contribution in [0.3, 0.4) is 0 Å². The number of tetrazole rings is 1. The quantitative estimate of drug-likeness (QED) is 0.552. The smallest absolute Gasteiger partial charge is 0.259 e. The van der Waals surface area contributed by atoms with Gasteiger partial charge in [0.15, 0.2) is 17.4 Å². The number of aromatic amines is 1. The number of nitrogens with zero attached hydrogens (tertiary/aromatic N) is 5. The van der Waals surface area contributed by atoms with E-state index < -0.39 is 0 Å². The Balaban J connectivity index is 1.53. The Bertz CT molecular complexity index is 931. The number of aryl methyl sites for hydroxylation is 1. The van der Waals surface area contributed by atoms with Crippen LogP contribution in [-0.4, -0.2) is 58.4 Å². The molecule has 1 aromatic carbocycles. The summed E-state index contributed by atoms with van der Waals surface area (Å²) in [5.74, 6) is 2.22. The van der Waals surface area contributed by atoms with Gasteiger partial charge in [-0.1, -0.05) is 10.4 Å². The molecule has 29 heavy (non-hydrogen) atoms. The molecular weight excluding hydrogens is 374 g/mol. The number of rotatable bonds is 8. The molecule has 1 saturated heterocycles. The van der Waals surface area contributed by atoms with Gasteiger partial charge >= 0.3 is 0 Å². The molecule has 2 N–H and O–H groups in total. The summed E-state index contributed by atoms with van der Waals surface area (Å²) in [4.78, 5) is 15.2. The molecule has 0 bridgehead atoms. The fourth-order valence-electron chi connectivity index (χ4n) is 3.40. The lowest BCUT2D eigenvalue weighted by molar-refractivity contribution is 0.0954. The Morgan fingerprint density at radius 3 is 2.76 bits per heavy atom. The molecular formula is C19H23N7O3. The number of methoxy groups -OCH3 is 1. The molecule has 1 amide bonds. The number of carbonyl (C=O) groups is 1. The minimum absolute atomic E-state index is 0.202. The van der Waals surface area contributed by atoms with Gasteiger partial charge in [-0.2, -0.15) is 5.21 Å². The van der Waals surface area contributed by atoms with Crippen molar-refractivity contribution in [2.45, 2.75) is 25.7 Å². The van der Waals surface area contributed by atoms with Crippen LogP contribution >= 0.6 is 0 Å². The first-order valence-electron chi connectivity index (χ1n) is 9.66. The van der Waals surface area contributed by atoms with Crippen LogP contribution in [0, 0.1) is 0 Å². The number of amides is 1. The molecule has 0 spiro atoms. The molecule has 152 valence electrons. The molecule has 0 saturated carbocycles. The van der Waals surface area contributed by atoms with E-state index in [0.717, 1.165) is 37.2 Å². The first-order valence-corrected chi connectivity index (χ1v) is 9.66. The highest BCUT2D eigenvalue weighted by Gasteiger charge is 2.28. The van der Waals surface area contributed by atoms with Gasteiger partial charge in [0.2, 0.25) is 0 Å². The second-order valence-corrected chi connectivity index (χ2v) is 6.82. The molecule has 4 rings (SSSR count). The van der Waals surface area contributed by atoms with Gasteiger partial charge in [-0.15, -0.1) is 10.2 Å². The maximum absolute atomic E-state index is 13.0. The normalized spacial score (nSPS) is 13.6. The zero-order valence-electron chi connectivity index (χ0n) is 16.2. The Hall–Kier alpha value is -3.43. The van der Waals surface area contributed by atoms with E-state index >= 15 is 0 Å². The van der Waals surface area contributed by atoms with Crippen LogP contribution in [0.4, 0.5) is 5.82 Å². The van der Waals surface area contributed by atoms with Crippen LogP contribution in [0.2, 0.25) is 0 Å². The number of ether oxygens (including phenoxy) is 1. The summed E-state index contributed by atoms with van der Waals surface area (Å²) < 4.78 is 10.8. The van der Waals surface area contributed by atoms with E-state index in [4.69, 9.17) is 9.26 Å². The number of carbonyl (C=O) groups excluding carboxylic acids is 1. The molecule has 10 heteroatoms. The van der Waals surface area contributed by atoms with Crippen LogP contribution in [0.5, 0.6) is 5.75 Å². The van der Waals surface area contributed by atoms with Gasteiger partial charge in [0.1, 0.15) is 11.3 Å². The van der Waals surface area contributed by atoms with E-state index in [1.165, 1.54) is 0 Å². The van der Waals surface area contributed by atoms with Crippen molar-refractivity contribution in [1.82, 2.24) is 31.1 Å². The van der Waals surface area contributed by atoms with E-state index in [2.05, 4.69) is 36.0 Å². The topological polar surface area (TPSA) is 122 Å². The van der Waals surface area contributed by atoms with E-state index in [-0.39, 0.29) is 5.91 Å². The molecule has 0 aliphatic carbocycles. The number of nitrogens with one attached hydrogen (secondary N) is 2. The van der Waals surface area contributed by atoms with Crippen molar-refractivity contribution in [3.05, 3.63) is 35.7 Å². The minimum atomic E-state index is -0.202. The fraction of sp³-hybridized carbons (Fsp3) is 0.421. The highest BCUT2D eigenvalue weighted by Crippen LogP contribution is 2.33. The van der Waals surface area contributed by atoms with Crippen molar-refractivity contribution in [2.75, 3.05) is 31.6 Å². The zero-order valence-corrected chi connectivity index (χ0v) is 16.2.